The van der Waals surface area contributed by atoms with Crippen LogP contribution in [0.25, 0.3) is 0 Å². The van der Waals surface area contributed by atoms with Crippen LogP contribution in [0.3, 0.4) is 0 Å². The normalized spacial score (nSPS) is 19.5. The number of rotatable bonds is 3. The summed E-state index contributed by atoms with van der Waals surface area (Å²) in [5.74, 6) is 0.163. The lowest BCUT2D eigenvalue weighted by Gasteiger charge is -2.34. The molecular formula is C16H22O2S. The van der Waals surface area contributed by atoms with E-state index in [-0.39, 0.29) is 11.2 Å². The average Bonchev–Trinajstić information content (AvgIpc) is 2.35. The number of sulfone groups is 1. The van der Waals surface area contributed by atoms with Crippen LogP contribution in [-0.2, 0) is 9.84 Å². The third-order valence-electron chi connectivity index (χ3n) is 4.12. The number of hydrogen-bond acceptors (Lipinski definition) is 2. The van der Waals surface area contributed by atoms with Crippen LogP contribution in [-0.4, -0.2) is 14.2 Å². The molecule has 0 aromatic heterocycles. The first-order valence-electron chi connectivity index (χ1n) is 6.80. The highest BCUT2D eigenvalue weighted by Gasteiger charge is 2.31. The molecule has 104 valence electrons. The Labute approximate surface area is 116 Å². The Morgan fingerprint density at radius 2 is 1.79 bits per heavy atom. The van der Waals surface area contributed by atoms with Crippen LogP contribution in [0.2, 0.25) is 0 Å². The van der Waals surface area contributed by atoms with E-state index in [2.05, 4.69) is 20.8 Å². The van der Waals surface area contributed by atoms with Gasteiger partial charge >= 0.3 is 0 Å². The second-order valence-electron chi connectivity index (χ2n) is 6.07. The van der Waals surface area contributed by atoms with E-state index >= 15 is 0 Å². The third kappa shape index (κ3) is 3.08. The molecule has 0 atom stereocenters. The lowest BCUT2D eigenvalue weighted by atomic mass is 9.73. The molecule has 0 spiro atoms. The van der Waals surface area contributed by atoms with Gasteiger partial charge in [-0.05, 0) is 43.7 Å². The molecule has 3 heteroatoms. The maximum absolute atomic E-state index is 12.5. The Bertz CT molecular complexity index is 580. The summed E-state index contributed by atoms with van der Waals surface area (Å²) < 4.78 is 25.0. The Morgan fingerprint density at radius 3 is 2.37 bits per heavy atom. The van der Waals surface area contributed by atoms with Gasteiger partial charge in [-0.3, -0.25) is 0 Å². The molecule has 0 aliphatic heterocycles. The standard InChI is InChI=1S/C16H22O2S/c1-13-8-7-11-16(2,3)15(13)12-19(17,18)14-9-5-4-6-10-14/h4-6,9-10H,7-8,11-12H2,1-3H3. The molecule has 0 N–H and O–H groups in total. The van der Waals surface area contributed by atoms with Crippen molar-refractivity contribution in [2.75, 3.05) is 5.75 Å². The first-order valence-corrected chi connectivity index (χ1v) is 8.45. The predicted molar refractivity (Wildman–Crippen MR) is 78.8 cm³/mol. The van der Waals surface area contributed by atoms with E-state index in [9.17, 15) is 8.42 Å². The fourth-order valence-electron chi connectivity index (χ4n) is 2.89. The van der Waals surface area contributed by atoms with Crippen molar-refractivity contribution in [3.8, 4) is 0 Å². The van der Waals surface area contributed by atoms with Crippen molar-refractivity contribution in [1.82, 2.24) is 0 Å². The number of allylic oxidation sites excluding steroid dienone is 1. The second-order valence-corrected chi connectivity index (χ2v) is 8.06. The monoisotopic (exact) mass is 278 g/mol. The molecule has 0 radical (unpaired) electrons. The Hall–Kier alpha value is -1.09. The largest absolute Gasteiger partial charge is 0.223 e. The topological polar surface area (TPSA) is 34.1 Å². The summed E-state index contributed by atoms with van der Waals surface area (Å²) in [7, 11) is -3.22. The molecule has 2 nitrogen and oxygen atoms in total. The molecule has 0 fully saturated rings. The first-order chi connectivity index (χ1) is 8.83. The minimum atomic E-state index is -3.22. The maximum atomic E-state index is 12.5. The Balaban J connectivity index is 2.35. The van der Waals surface area contributed by atoms with Crippen molar-refractivity contribution in [2.45, 2.75) is 44.9 Å². The molecule has 0 bridgehead atoms. The molecule has 19 heavy (non-hydrogen) atoms. The molecule has 0 saturated heterocycles. The zero-order chi connectivity index (χ0) is 14.1. The molecule has 1 aromatic rings. The molecular weight excluding hydrogens is 256 g/mol. The van der Waals surface area contributed by atoms with Crippen molar-refractivity contribution < 1.29 is 8.42 Å². The van der Waals surface area contributed by atoms with E-state index in [4.69, 9.17) is 0 Å². The van der Waals surface area contributed by atoms with Crippen LogP contribution in [0.4, 0.5) is 0 Å². The van der Waals surface area contributed by atoms with Crippen LogP contribution in [0, 0.1) is 5.41 Å². The summed E-state index contributed by atoms with van der Waals surface area (Å²) in [5.41, 5.74) is 2.38. The van der Waals surface area contributed by atoms with Crippen molar-refractivity contribution in [1.29, 1.82) is 0 Å². The van der Waals surface area contributed by atoms with Gasteiger partial charge in [0.25, 0.3) is 0 Å². The van der Waals surface area contributed by atoms with Crippen LogP contribution >= 0.6 is 0 Å². The van der Waals surface area contributed by atoms with Gasteiger partial charge in [-0.1, -0.05) is 43.2 Å². The predicted octanol–water partition coefficient (Wildman–Crippen LogP) is 3.99. The van der Waals surface area contributed by atoms with Crippen LogP contribution in [0.1, 0.15) is 40.0 Å². The van der Waals surface area contributed by atoms with Gasteiger partial charge in [0.15, 0.2) is 9.84 Å². The highest BCUT2D eigenvalue weighted by atomic mass is 32.2. The van der Waals surface area contributed by atoms with Crippen molar-refractivity contribution in [3.05, 3.63) is 41.5 Å². The SMILES string of the molecule is CC1=C(CS(=O)(=O)c2ccccc2)C(C)(C)CCC1. The Morgan fingerprint density at radius 1 is 1.16 bits per heavy atom. The molecule has 1 aliphatic rings. The zero-order valence-corrected chi connectivity index (χ0v) is 12.8. The molecule has 1 aliphatic carbocycles. The molecule has 0 unspecified atom stereocenters. The van der Waals surface area contributed by atoms with Crippen molar-refractivity contribution in [3.63, 3.8) is 0 Å². The van der Waals surface area contributed by atoms with E-state index in [0.29, 0.717) is 4.90 Å². The van der Waals surface area contributed by atoms with Gasteiger partial charge in [-0.2, -0.15) is 0 Å². The summed E-state index contributed by atoms with van der Waals surface area (Å²) >= 11 is 0. The van der Waals surface area contributed by atoms with E-state index in [1.165, 1.54) is 5.57 Å². The Kier molecular flexibility index (Phi) is 3.86. The van der Waals surface area contributed by atoms with Gasteiger partial charge in [-0.15, -0.1) is 0 Å². The lowest BCUT2D eigenvalue weighted by Crippen LogP contribution is -2.26. The second kappa shape index (κ2) is 5.12. The summed E-state index contributed by atoms with van der Waals surface area (Å²) in [6.45, 7) is 6.40. The molecule has 1 aromatic carbocycles. The summed E-state index contributed by atoms with van der Waals surface area (Å²) in [6, 6.07) is 8.76. The van der Waals surface area contributed by atoms with Gasteiger partial charge in [0.05, 0.1) is 10.6 Å². The average molecular weight is 278 g/mol. The van der Waals surface area contributed by atoms with Crippen molar-refractivity contribution in [2.24, 2.45) is 5.41 Å². The number of hydrogen-bond donors (Lipinski definition) is 0. The molecule has 0 amide bonds. The molecule has 2 rings (SSSR count). The highest BCUT2D eigenvalue weighted by Crippen LogP contribution is 2.41. The van der Waals surface area contributed by atoms with Crippen LogP contribution in [0.15, 0.2) is 46.4 Å². The first kappa shape index (κ1) is 14.3. The minimum Gasteiger partial charge on any atom is -0.223 e. The molecule has 0 heterocycles. The van der Waals surface area contributed by atoms with Crippen LogP contribution in [0.5, 0.6) is 0 Å². The van der Waals surface area contributed by atoms with Crippen LogP contribution < -0.4 is 0 Å². The summed E-state index contributed by atoms with van der Waals surface area (Å²) in [5, 5.41) is 0. The quantitative estimate of drug-likeness (QED) is 0.784. The van der Waals surface area contributed by atoms with E-state index < -0.39 is 9.84 Å². The highest BCUT2D eigenvalue weighted by molar-refractivity contribution is 7.91. The zero-order valence-electron chi connectivity index (χ0n) is 11.9. The van der Waals surface area contributed by atoms with Gasteiger partial charge in [0.2, 0.25) is 0 Å². The van der Waals surface area contributed by atoms with Gasteiger partial charge in [-0.25, -0.2) is 8.42 Å². The minimum absolute atomic E-state index is 0.00415. The number of benzene rings is 1. The van der Waals surface area contributed by atoms with Gasteiger partial charge < -0.3 is 0 Å². The maximum Gasteiger partial charge on any atom is 0.182 e. The van der Waals surface area contributed by atoms with Gasteiger partial charge in [0.1, 0.15) is 0 Å². The smallest absolute Gasteiger partial charge is 0.182 e. The lowest BCUT2D eigenvalue weighted by molar-refractivity contribution is 0.367. The van der Waals surface area contributed by atoms with Crippen molar-refractivity contribution >= 4 is 9.84 Å². The summed E-state index contributed by atoms with van der Waals surface area (Å²) in [6.07, 6.45) is 3.26. The summed E-state index contributed by atoms with van der Waals surface area (Å²) in [4.78, 5) is 0.427. The third-order valence-corrected chi connectivity index (χ3v) is 5.78. The van der Waals surface area contributed by atoms with E-state index in [1.807, 2.05) is 6.07 Å². The molecule has 0 saturated carbocycles. The van der Waals surface area contributed by atoms with E-state index in [0.717, 1.165) is 24.8 Å². The fourth-order valence-corrected chi connectivity index (χ4v) is 4.65. The fraction of sp³-hybridized carbons (Fsp3) is 0.500. The van der Waals surface area contributed by atoms with E-state index in [1.54, 1.807) is 24.3 Å². The van der Waals surface area contributed by atoms with Gasteiger partial charge in [0, 0.05) is 0 Å².